The Morgan fingerprint density at radius 3 is 2.54 bits per heavy atom. The Bertz CT molecular complexity index is 1140. The first-order valence-corrected chi connectivity index (χ1v) is 8.62. The van der Waals surface area contributed by atoms with E-state index in [2.05, 4.69) is 0 Å². The fraction of sp³-hybridized carbons (Fsp3) is 0.176. The van der Waals surface area contributed by atoms with Crippen LogP contribution in [0.25, 0.3) is 16.6 Å². The summed E-state index contributed by atoms with van der Waals surface area (Å²) in [7, 11) is -1.46. The lowest BCUT2D eigenvalue weighted by Crippen LogP contribution is -2.41. The van der Waals surface area contributed by atoms with E-state index in [4.69, 9.17) is 0 Å². The molecule has 0 bridgehead atoms. The predicted octanol–water partition coefficient (Wildman–Crippen LogP) is 0.933. The van der Waals surface area contributed by atoms with E-state index < -0.39 is 22.0 Å². The summed E-state index contributed by atoms with van der Waals surface area (Å²) in [5.74, 6) is 0. The average molecular weight is 342 g/mol. The molecule has 0 radical (unpaired) electrons. The smallest absolute Gasteiger partial charge is 0.336 e. The Hall–Kier alpha value is -2.51. The van der Waals surface area contributed by atoms with E-state index in [-0.39, 0.29) is 13.2 Å². The number of aryl methyl sites for hydroxylation is 1. The van der Waals surface area contributed by atoms with Crippen molar-refractivity contribution in [3.63, 3.8) is 0 Å². The zero-order valence-corrected chi connectivity index (χ0v) is 13.7. The molecule has 2 heterocycles. The highest BCUT2D eigenvalue weighted by Crippen LogP contribution is 2.34. The normalized spacial score (nSPS) is 15.5. The highest BCUT2D eigenvalue weighted by atomic mass is 32.2. The third kappa shape index (κ3) is 1.82. The molecule has 0 saturated heterocycles. The molecular weight excluding hydrogens is 328 g/mol. The molecule has 24 heavy (non-hydrogen) atoms. The van der Waals surface area contributed by atoms with Crippen LogP contribution in [0.4, 0.5) is 0 Å². The second-order valence-electron chi connectivity index (χ2n) is 5.64. The Morgan fingerprint density at radius 1 is 1.08 bits per heavy atom. The molecule has 122 valence electrons. The van der Waals surface area contributed by atoms with Gasteiger partial charge in [-0.2, -0.15) is 0 Å². The van der Waals surface area contributed by atoms with E-state index in [1.54, 1.807) is 30.3 Å². The third-order valence-corrected chi connectivity index (χ3v) is 5.73. The zero-order valence-electron chi connectivity index (χ0n) is 12.9. The molecule has 1 unspecified atom stereocenters. The molecule has 1 N–H and O–H groups in total. The lowest BCUT2D eigenvalue weighted by atomic mass is 10.1. The van der Waals surface area contributed by atoms with Crippen LogP contribution in [0.3, 0.4) is 0 Å². The van der Waals surface area contributed by atoms with Crippen molar-refractivity contribution in [1.29, 1.82) is 0 Å². The topological polar surface area (TPSA) is 81.3 Å². The number of nitrogens with zero attached hydrogens (tertiary/aromatic N) is 2. The maximum atomic E-state index is 12.9. The van der Waals surface area contributed by atoms with Crippen molar-refractivity contribution in [1.82, 2.24) is 9.13 Å². The average Bonchev–Trinajstić information content (AvgIpc) is 2.58. The maximum Gasteiger partial charge on any atom is 0.336 e. The Morgan fingerprint density at radius 2 is 1.79 bits per heavy atom. The van der Waals surface area contributed by atoms with Gasteiger partial charge in [-0.15, -0.1) is 0 Å². The minimum Gasteiger partial charge on any atom is -0.395 e. The summed E-state index contributed by atoms with van der Waals surface area (Å²) in [5, 5.41) is 9.53. The third-order valence-electron chi connectivity index (χ3n) is 4.27. The van der Waals surface area contributed by atoms with Crippen molar-refractivity contribution in [3.8, 4) is 5.69 Å². The first kappa shape index (κ1) is 15.0. The molecule has 0 fully saturated rings. The van der Waals surface area contributed by atoms with Gasteiger partial charge in [0.15, 0.2) is 0 Å². The van der Waals surface area contributed by atoms with Gasteiger partial charge in [0.25, 0.3) is 5.56 Å². The number of aliphatic hydroxyl groups excluding tert-OH is 1. The van der Waals surface area contributed by atoms with E-state index >= 15 is 0 Å². The minimum atomic E-state index is -1.46. The van der Waals surface area contributed by atoms with E-state index in [0.717, 1.165) is 10.1 Å². The quantitative estimate of drug-likeness (QED) is 0.588. The van der Waals surface area contributed by atoms with Crippen LogP contribution in [-0.4, -0.2) is 25.1 Å². The van der Waals surface area contributed by atoms with Crippen LogP contribution in [0.1, 0.15) is 5.56 Å². The molecule has 6 nitrogen and oxygen atoms in total. The fourth-order valence-electron chi connectivity index (χ4n) is 3.22. The number of hydrogen-bond donors (Lipinski definition) is 1. The molecule has 2 aromatic carbocycles. The number of para-hydroxylation sites is 2. The van der Waals surface area contributed by atoms with Crippen molar-refractivity contribution >= 4 is 21.7 Å². The molecule has 1 aliphatic rings. The van der Waals surface area contributed by atoms with Gasteiger partial charge >= 0.3 is 5.69 Å². The predicted molar refractivity (Wildman–Crippen MR) is 90.3 cm³/mol. The molecule has 0 saturated carbocycles. The number of aliphatic hydroxyl groups is 1. The summed E-state index contributed by atoms with van der Waals surface area (Å²) in [6, 6.07) is 10.3. The van der Waals surface area contributed by atoms with E-state index in [0.29, 0.717) is 26.4 Å². The van der Waals surface area contributed by atoms with Crippen LogP contribution < -0.4 is 11.2 Å². The summed E-state index contributed by atoms with van der Waals surface area (Å²) in [6.45, 7) is 1.44. The summed E-state index contributed by atoms with van der Waals surface area (Å²) in [4.78, 5) is 26.6. The fourth-order valence-corrected chi connectivity index (χ4v) is 4.66. The lowest BCUT2D eigenvalue weighted by Gasteiger charge is -2.24. The molecule has 0 amide bonds. The molecule has 7 heteroatoms. The SMILES string of the molecule is Cc1cccc2c1-n1c(=O)n(CCO)c(=O)c3cccc(c31)S2=O. The lowest BCUT2D eigenvalue weighted by molar-refractivity contribution is 0.271. The molecule has 1 atom stereocenters. The first-order chi connectivity index (χ1) is 11.6. The van der Waals surface area contributed by atoms with Gasteiger partial charge < -0.3 is 5.11 Å². The molecule has 3 aromatic rings. The molecule has 1 aliphatic heterocycles. The van der Waals surface area contributed by atoms with E-state index in [9.17, 15) is 18.9 Å². The molecule has 4 rings (SSSR count). The second kappa shape index (κ2) is 5.25. The summed E-state index contributed by atoms with van der Waals surface area (Å²) >= 11 is 0. The molecule has 0 aliphatic carbocycles. The highest BCUT2D eigenvalue weighted by Gasteiger charge is 2.28. The molecule has 0 spiro atoms. The monoisotopic (exact) mass is 342 g/mol. The van der Waals surface area contributed by atoms with Gasteiger partial charge in [-0.1, -0.05) is 18.2 Å². The molecule has 1 aromatic heterocycles. The van der Waals surface area contributed by atoms with Gasteiger partial charge in [0.05, 0.1) is 50.3 Å². The van der Waals surface area contributed by atoms with Gasteiger partial charge in [0.2, 0.25) is 0 Å². The van der Waals surface area contributed by atoms with Crippen LogP contribution in [0, 0.1) is 6.92 Å². The van der Waals surface area contributed by atoms with Gasteiger partial charge in [-0.05, 0) is 30.7 Å². The zero-order chi connectivity index (χ0) is 17.0. The number of benzene rings is 2. The minimum absolute atomic E-state index is 0.0812. The van der Waals surface area contributed by atoms with Crippen molar-refractivity contribution in [3.05, 3.63) is 62.8 Å². The van der Waals surface area contributed by atoms with Crippen LogP contribution in [0.15, 0.2) is 55.8 Å². The van der Waals surface area contributed by atoms with Crippen molar-refractivity contribution in [2.75, 3.05) is 6.61 Å². The number of rotatable bonds is 2. The Kier molecular flexibility index (Phi) is 3.29. The Balaban J connectivity index is 2.33. The summed E-state index contributed by atoms with van der Waals surface area (Å²) in [6.07, 6.45) is 0. The Labute approximate surface area is 139 Å². The standard InChI is InChI=1S/C17H14N2O4S/c1-10-4-2-6-12-14(10)19-15-11(5-3-7-13(15)24(12)23)16(21)18(8-9-20)17(19)22/h2-7,20H,8-9H2,1H3. The van der Waals surface area contributed by atoms with Crippen LogP contribution in [0.5, 0.6) is 0 Å². The van der Waals surface area contributed by atoms with Crippen molar-refractivity contribution in [2.24, 2.45) is 0 Å². The van der Waals surface area contributed by atoms with E-state index in [1.807, 2.05) is 13.0 Å². The number of aromatic nitrogens is 2. The summed E-state index contributed by atoms with van der Waals surface area (Å²) < 4.78 is 15.4. The summed E-state index contributed by atoms with van der Waals surface area (Å²) in [5.41, 5.74) is 0.739. The molecular formula is C17H14N2O4S. The highest BCUT2D eigenvalue weighted by molar-refractivity contribution is 7.85. The van der Waals surface area contributed by atoms with Crippen LogP contribution in [-0.2, 0) is 17.3 Å². The second-order valence-corrected chi connectivity index (χ2v) is 7.06. The number of hydrogen-bond acceptors (Lipinski definition) is 4. The van der Waals surface area contributed by atoms with Gasteiger partial charge in [-0.3, -0.25) is 13.9 Å². The van der Waals surface area contributed by atoms with Gasteiger partial charge in [0.1, 0.15) is 0 Å². The maximum absolute atomic E-state index is 12.9. The largest absolute Gasteiger partial charge is 0.395 e. The number of fused-ring (bicyclic) bond motifs is 2. The van der Waals surface area contributed by atoms with E-state index in [1.165, 1.54) is 4.57 Å². The van der Waals surface area contributed by atoms with Crippen LogP contribution >= 0.6 is 0 Å². The van der Waals surface area contributed by atoms with Crippen molar-refractivity contribution in [2.45, 2.75) is 23.3 Å². The van der Waals surface area contributed by atoms with Crippen LogP contribution in [0.2, 0.25) is 0 Å². The first-order valence-electron chi connectivity index (χ1n) is 7.47. The van der Waals surface area contributed by atoms with Crippen molar-refractivity contribution < 1.29 is 9.32 Å². The van der Waals surface area contributed by atoms with Gasteiger partial charge in [0, 0.05) is 0 Å². The van der Waals surface area contributed by atoms with Gasteiger partial charge in [-0.25, -0.2) is 9.00 Å².